The predicted molar refractivity (Wildman–Crippen MR) is 57.8 cm³/mol. The van der Waals surface area contributed by atoms with Gasteiger partial charge in [0.2, 0.25) is 0 Å². The van der Waals surface area contributed by atoms with Gasteiger partial charge in [-0.2, -0.15) is 0 Å². The summed E-state index contributed by atoms with van der Waals surface area (Å²) < 4.78 is 0. The predicted octanol–water partition coefficient (Wildman–Crippen LogP) is 2.49. The van der Waals surface area contributed by atoms with Gasteiger partial charge >= 0.3 is 0 Å². The molecule has 0 spiro atoms. The van der Waals surface area contributed by atoms with Gasteiger partial charge in [-0.1, -0.05) is 53.4 Å². The van der Waals surface area contributed by atoms with Gasteiger partial charge < -0.3 is 0 Å². The maximum Gasteiger partial charge on any atom is 0.187 e. The van der Waals surface area contributed by atoms with Crippen LogP contribution in [0.3, 0.4) is 0 Å². The third kappa shape index (κ3) is 6.91. The van der Waals surface area contributed by atoms with E-state index in [0.29, 0.717) is 5.92 Å². The molecule has 0 aromatic carbocycles. The maximum absolute atomic E-state index is 4.08. The maximum atomic E-state index is 4.08. The quantitative estimate of drug-likeness (QED) is 0.557. The molecule has 0 rings (SSSR count). The van der Waals surface area contributed by atoms with E-state index in [1.165, 1.54) is 25.7 Å². The lowest BCUT2D eigenvalue weighted by Crippen LogP contribution is -2.07. The molecule has 1 heteroatoms. The molecule has 0 bridgehead atoms. The summed E-state index contributed by atoms with van der Waals surface area (Å²) in [5.41, 5.74) is 0. The SMILES string of the molecule is [AlH3].[CH2]C(C)C(CCC)CCC. The van der Waals surface area contributed by atoms with Crippen molar-refractivity contribution in [1.29, 1.82) is 0 Å². The topological polar surface area (TPSA) is 0 Å². The van der Waals surface area contributed by atoms with Crippen LogP contribution in [0.5, 0.6) is 0 Å². The van der Waals surface area contributed by atoms with Crippen molar-refractivity contribution in [3.63, 3.8) is 0 Å². The summed E-state index contributed by atoms with van der Waals surface area (Å²) in [6.07, 6.45) is 5.34. The van der Waals surface area contributed by atoms with Crippen LogP contribution in [0, 0.1) is 18.8 Å². The molecule has 0 saturated heterocycles. The van der Waals surface area contributed by atoms with Crippen LogP contribution in [-0.4, -0.2) is 17.4 Å². The molecule has 67 valence electrons. The summed E-state index contributed by atoms with van der Waals surface area (Å²) in [6.45, 7) is 10.8. The average Bonchev–Trinajstić information content (AvgIpc) is 1.87. The lowest BCUT2D eigenvalue weighted by Gasteiger charge is -2.18. The molecular weight excluding hydrogens is 147 g/mol. The number of hydrogen-bond acceptors (Lipinski definition) is 0. The van der Waals surface area contributed by atoms with Crippen molar-refractivity contribution in [2.45, 2.75) is 46.5 Å². The Morgan fingerprint density at radius 1 is 1.09 bits per heavy atom. The van der Waals surface area contributed by atoms with Crippen molar-refractivity contribution in [3.05, 3.63) is 6.92 Å². The van der Waals surface area contributed by atoms with E-state index in [-0.39, 0.29) is 17.4 Å². The first-order chi connectivity index (χ1) is 4.72. The fourth-order valence-electron chi connectivity index (χ4n) is 1.45. The third-order valence-corrected chi connectivity index (χ3v) is 2.12. The summed E-state index contributed by atoms with van der Waals surface area (Å²) in [7, 11) is 0. The minimum Gasteiger partial charge on any atom is -0.0654 e. The Bertz CT molecular complexity index is 63.3. The molecule has 0 aliphatic carbocycles. The Morgan fingerprint density at radius 3 is 1.64 bits per heavy atom. The van der Waals surface area contributed by atoms with Gasteiger partial charge in [0.15, 0.2) is 17.4 Å². The van der Waals surface area contributed by atoms with Crippen LogP contribution in [0.4, 0.5) is 0 Å². The summed E-state index contributed by atoms with van der Waals surface area (Å²) in [4.78, 5) is 0. The Kier molecular flexibility index (Phi) is 11.0. The van der Waals surface area contributed by atoms with Crippen LogP contribution in [-0.2, 0) is 0 Å². The van der Waals surface area contributed by atoms with Gasteiger partial charge in [-0.3, -0.25) is 0 Å². The second kappa shape index (κ2) is 8.63. The zero-order valence-electron chi connectivity index (χ0n) is 7.69. The minimum atomic E-state index is 0. The first kappa shape index (κ1) is 14.1. The van der Waals surface area contributed by atoms with Crippen LogP contribution in [0.25, 0.3) is 0 Å². The molecule has 0 aromatic heterocycles. The first-order valence-electron chi connectivity index (χ1n) is 4.55. The van der Waals surface area contributed by atoms with Crippen LogP contribution in [0.1, 0.15) is 46.5 Å². The van der Waals surface area contributed by atoms with Gasteiger partial charge in [-0.15, -0.1) is 0 Å². The molecule has 0 nitrogen and oxygen atoms in total. The summed E-state index contributed by atoms with van der Waals surface area (Å²) in [6, 6.07) is 0. The molecule has 1 atom stereocenters. The molecule has 0 aliphatic rings. The molecule has 1 radical (unpaired) electrons. The van der Waals surface area contributed by atoms with Crippen LogP contribution < -0.4 is 0 Å². The van der Waals surface area contributed by atoms with Gasteiger partial charge in [0.25, 0.3) is 0 Å². The van der Waals surface area contributed by atoms with Crippen LogP contribution in [0.2, 0.25) is 0 Å². The lowest BCUT2D eigenvalue weighted by atomic mass is 9.88. The fraction of sp³-hybridized carbons (Fsp3) is 0.900. The first-order valence-corrected chi connectivity index (χ1v) is 4.55. The number of rotatable bonds is 5. The molecule has 1 unspecified atom stereocenters. The largest absolute Gasteiger partial charge is 0.187 e. The van der Waals surface area contributed by atoms with Gasteiger partial charge in [-0.05, 0) is 11.8 Å². The standard InChI is InChI=1S/C10H21.Al.3H/c1-5-7-10(8-6-2)9(3)4;;;;/h9-10H,3,5-8H2,1-2,4H3;;;;. The van der Waals surface area contributed by atoms with Crippen LogP contribution in [0.15, 0.2) is 0 Å². The molecular formula is C10H24Al. The molecule has 0 heterocycles. The van der Waals surface area contributed by atoms with Gasteiger partial charge in [0, 0.05) is 0 Å². The summed E-state index contributed by atoms with van der Waals surface area (Å²) >= 11 is 0. The molecule has 11 heavy (non-hydrogen) atoms. The van der Waals surface area contributed by atoms with Crippen molar-refractivity contribution in [2.75, 3.05) is 0 Å². The van der Waals surface area contributed by atoms with E-state index in [1.807, 2.05) is 0 Å². The summed E-state index contributed by atoms with van der Waals surface area (Å²) in [5.74, 6) is 1.51. The lowest BCUT2D eigenvalue weighted by molar-refractivity contribution is 0.356. The minimum absolute atomic E-state index is 0. The van der Waals surface area contributed by atoms with E-state index in [4.69, 9.17) is 0 Å². The van der Waals surface area contributed by atoms with E-state index in [0.717, 1.165) is 5.92 Å². The van der Waals surface area contributed by atoms with E-state index >= 15 is 0 Å². The van der Waals surface area contributed by atoms with Crippen LogP contribution >= 0.6 is 0 Å². The molecule has 0 fully saturated rings. The average molecular weight is 171 g/mol. The zero-order valence-corrected chi connectivity index (χ0v) is 7.69. The molecule has 0 N–H and O–H groups in total. The van der Waals surface area contributed by atoms with E-state index in [1.54, 1.807) is 0 Å². The van der Waals surface area contributed by atoms with Crippen molar-refractivity contribution in [2.24, 2.45) is 11.8 Å². The van der Waals surface area contributed by atoms with Crippen molar-refractivity contribution < 1.29 is 0 Å². The molecule has 0 aliphatic heterocycles. The van der Waals surface area contributed by atoms with Gasteiger partial charge in [-0.25, -0.2) is 0 Å². The summed E-state index contributed by atoms with van der Waals surface area (Å²) in [5, 5.41) is 0. The van der Waals surface area contributed by atoms with Gasteiger partial charge in [0.1, 0.15) is 0 Å². The Hall–Kier alpha value is 0.532. The van der Waals surface area contributed by atoms with Crippen molar-refractivity contribution in [3.8, 4) is 0 Å². The highest BCUT2D eigenvalue weighted by Gasteiger charge is 2.09. The van der Waals surface area contributed by atoms with E-state index in [2.05, 4.69) is 27.7 Å². The van der Waals surface area contributed by atoms with E-state index in [9.17, 15) is 0 Å². The third-order valence-electron chi connectivity index (χ3n) is 2.12. The van der Waals surface area contributed by atoms with Crippen molar-refractivity contribution >= 4 is 17.4 Å². The van der Waals surface area contributed by atoms with Gasteiger partial charge in [0.05, 0.1) is 0 Å². The molecule has 0 aromatic rings. The zero-order chi connectivity index (χ0) is 7.98. The molecule has 0 amide bonds. The second-order valence-electron chi connectivity index (χ2n) is 3.31. The second-order valence-corrected chi connectivity index (χ2v) is 3.31. The smallest absolute Gasteiger partial charge is 0.0654 e. The highest BCUT2D eigenvalue weighted by molar-refractivity contribution is 5.75. The van der Waals surface area contributed by atoms with Crippen molar-refractivity contribution in [1.82, 2.24) is 0 Å². The Balaban J connectivity index is 0. The Labute approximate surface area is 82.9 Å². The van der Waals surface area contributed by atoms with E-state index < -0.39 is 0 Å². The monoisotopic (exact) mass is 171 g/mol. The fourth-order valence-corrected chi connectivity index (χ4v) is 1.45. The highest BCUT2D eigenvalue weighted by Crippen LogP contribution is 2.21. The normalized spacial score (nSPS) is 10.4. The molecule has 0 saturated carbocycles. The Morgan fingerprint density at radius 2 is 1.45 bits per heavy atom. The number of hydrogen-bond donors (Lipinski definition) is 0. The highest BCUT2D eigenvalue weighted by atomic mass is 27.0.